The van der Waals surface area contributed by atoms with Crippen molar-refractivity contribution in [2.24, 2.45) is 5.73 Å². The maximum atomic E-state index is 13.0. The predicted octanol–water partition coefficient (Wildman–Crippen LogP) is 11.9. The Morgan fingerprint density at radius 3 is 1.30 bits per heavy atom. The minimum Gasteiger partial charge on any atom is -0.494 e. The van der Waals surface area contributed by atoms with Crippen molar-refractivity contribution >= 4 is 47.8 Å². The van der Waals surface area contributed by atoms with Crippen molar-refractivity contribution in [2.45, 2.75) is 92.5 Å². The molecule has 0 atom stereocenters. The number of carbonyl (C=O) groups excluding carboxylic acids is 2. The molecule has 16 nitrogen and oxygen atoms in total. The van der Waals surface area contributed by atoms with Crippen molar-refractivity contribution in [1.29, 1.82) is 0 Å². The Hall–Kier alpha value is -6.33. The summed E-state index contributed by atoms with van der Waals surface area (Å²) in [5.41, 5.74) is 8.31. The van der Waals surface area contributed by atoms with Gasteiger partial charge in [0.15, 0.2) is 23.3 Å². The van der Waals surface area contributed by atoms with Crippen LogP contribution in [0.1, 0.15) is 79.4 Å². The highest BCUT2D eigenvalue weighted by Gasteiger charge is 2.31. The van der Waals surface area contributed by atoms with Crippen LogP contribution in [-0.2, 0) is 22.6 Å². The molecule has 4 aromatic carbocycles. The van der Waals surface area contributed by atoms with Gasteiger partial charge in [-0.3, -0.25) is 0 Å². The van der Waals surface area contributed by atoms with Gasteiger partial charge in [-0.25, -0.2) is 24.5 Å². The Morgan fingerprint density at radius 1 is 0.565 bits per heavy atom. The van der Waals surface area contributed by atoms with E-state index in [1.807, 2.05) is 67.6 Å². The van der Waals surface area contributed by atoms with Crippen molar-refractivity contribution in [1.82, 2.24) is 34.8 Å². The van der Waals surface area contributed by atoms with Gasteiger partial charge in [0.1, 0.15) is 22.7 Å². The normalized spacial score (nSPS) is 11.0. The van der Waals surface area contributed by atoms with Crippen LogP contribution in [0.3, 0.4) is 0 Å². The highest BCUT2D eigenvalue weighted by molar-refractivity contribution is 6.33. The average molecular weight is 1010 g/mol. The van der Waals surface area contributed by atoms with E-state index < -0.39 is 23.4 Å². The molecule has 0 aliphatic heterocycles. The minimum atomic E-state index is -0.835. The van der Waals surface area contributed by atoms with Gasteiger partial charge in [-0.05, 0) is 138 Å². The summed E-state index contributed by atoms with van der Waals surface area (Å²) < 4.78 is 32.8. The second kappa shape index (κ2) is 25.3. The Bertz CT molecular complexity index is 2620. The molecule has 0 saturated heterocycles. The zero-order valence-corrected chi connectivity index (χ0v) is 42.8. The molecule has 2 aromatic heterocycles. The molecular weight excluding hydrogens is 947 g/mol. The second-order valence-electron chi connectivity index (χ2n) is 17.1. The number of hydrogen-bond donors (Lipinski definition) is 1. The van der Waals surface area contributed by atoms with Crippen molar-refractivity contribution < 1.29 is 38.0 Å². The van der Waals surface area contributed by atoms with Gasteiger partial charge in [0.2, 0.25) is 0 Å². The van der Waals surface area contributed by atoms with Crippen LogP contribution in [-0.4, -0.2) is 85.6 Å². The molecule has 6 rings (SSSR count). The number of nitrogens with two attached hydrogens (primary N) is 1. The van der Waals surface area contributed by atoms with Gasteiger partial charge in [-0.2, -0.15) is 19.9 Å². The first kappa shape index (κ1) is 55.3. The lowest BCUT2D eigenvalue weighted by Gasteiger charge is -2.28. The van der Waals surface area contributed by atoms with Crippen LogP contribution in [0.2, 0.25) is 10.0 Å². The lowest BCUT2D eigenvalue weighted by molar-refractivity contribution is -0.000265. The summed E-state index contributed by atoms with van der Waals surface area (Å²) >= 11 is 12.9. The Balaban J connectivity index is 0.000000321. The monoisotopic (exact) mass is 1000 g/mol. The first-order valence-corrected chi connectivity index (χ1v) is 22.7. The first-order chi connectivity index (χ1) is 32.3. The number of rotatable bonds is 15. The van der Waals surface area contributed by atoms with Crippen LogP contribution in [0.5, 0.6) is 23.5 Å². The number of hydrogen-bond acceptors (Lipinski definition) is 15. The smallest absolute Gasteiger partial charge is 0.420 e. The number of nitrogens with zero attached hydrogens (tertiary/aromatic N) is 7. The van der Waals surface area contributed by atoms with Crippen LogP contribution in [0, 0.1) is 0 Å². The van der Waals surface area contributed by atoms with Crippen molar-refractivity contribution in [3.8, 4) is 69.1 Å². The molecule has 19 heteroatoms. The summed E-state index contributed by atoms with van der Waals surface area (Å²) in [6.07, 6.45) is 0.193. The van der Waals surface area contributed by atoms with E-state index in [1.54, 1.807) is 65.8 Å². The fourth-order valence-electron chi connectivity index (χ4n) is 5.97. The van der Waals surface area contributed by atoms with Gasteiger partial charge in [-0.1, -0.05) is 49.2 Å². The highest BCUT2D eigenvalue weighted by atomic mass is 35.5. The van der Waals surface area contributed by atoms with Crippen LogP contribution >= 0.6 is 35.6 Å². The van der Waals surface area contributed by atoms with Crippen molar-refractivity contribution in [2.75, 3.05) is 27.4 Å². The van der Waals surface area contributed by atoms with Crippen LogP contribution in [0.15, 0.2) is 84.9 Å². The number of methoxy groups -OCH3 is 2. The third-order valence-electron chi connectivity index (χ3n) is 9.11. The molecule has 0 bridgehead atoms. The Labute approximate surface area is 419 Å². The van der Waals surface area contributed by atoms with E-state index in [-0.39, 0.29) is 36.8 Å². The van der Waals surface area contributed by atoms with E-state index in [1.165, 1.54) is 14.2 Å². The molecular formula is C50H59Cl3N8O8. The standard InChI is InChI=1S/C30H37ClN4O6.C20H21ClN4O2.ClH/c1-9-16-39-21-13-11-20(12-14-21)24-32-25(34-26(33-24)38-8)22-17-19(10-15-23(22)31)18-35(27(36)40-29(2,3)4)28(37)41-30(5,6)7;1-3-10-27-15-7-5-14(6-8-15)18-23-19(25-20(24-18)26-2)16-11-13(12-22)4-9-17(16)21;/h10-15,17H,9,16,18H2,1-8H3;4-9,11H,3,10,12,22H2,1-2H3;1H. The topological polar surface area (TPSA) is 196 Å². The number of amides is 2. The van der Waals surface area contributed by atoms with Gasteiger partial charge >= 0.3 is 24.2 Å². The number of halogens is 3. The molecule has 6 aromatic rings. The predicted molar refractivity (Wildman–Crippen MR) is 269 cm³/mol. The zero-order chi connectivity index (χ0) is 49.6. The fourth-order valence-corrected chi connectivity index (χ4v) is 6.37. The van der Waals surface area contributed by atoms with Crippen molar-refractivity contribution in [3.63, 3.8) is 0 Å². The lowest BCUT2D eigenvalue weighted by atomic mass is 10.1. The molecule has 69 heavy (non-hydrogen) atoms. The highest BCUT2D eigenvalue weighted by Crippen LogP contribution is 2.32. The quantitative estimate of drug-likeness (QED) is 0.102. The summed E-state index contributed by atoms with van der Waals surface area (Å²) in [5, 5.41) is 0.895. The van der Waals surface area contributed by atoms with Gasteiger partial charge in [0.25, 0.3) is 0 Å². The average Bonchev–Trinajstić information content (AvgIpc) is 3.31. The number of carbonyl (C=O) groups is 2. The van der Waals surface area contributed by atoms with Gasteiger partial charge in [-0.15, -0.1) is 12.4 Å². The summed E-state index contributed by atoms with van der Waals surface area (Å²) in [6, 6.07) is 25.9. The summed E-state index contributed by atoms with van der Waals surface area (Å²) in [5.74, 6) is 3.11. The molecule has 2 heterocycles. The molecule has 0 unspecified atom stereocenters. The largest absolute Gasteiger partial charge is 0.494 e. The molecule has 0 aliphatic carbocycles. The first-order valence-electron chi connectivity index (χ1n) is 21.9. The van der Waals surface area contributed by atoms with Gasteiger partial charge in [0, 0.05) is 28.8 Å². The SMILES string of the molecule is CCCOc1ccc(-c2nc(OC)nc(-c3cc(CN(C(=O)OC(C)(C)C)C(=O)OC(C)(C)C)ccc3Cl)n2)cc1.CCCOc1ccc(-c2nc(OC)nc(-c3cc(CN)ccc3Cl)n2)cc1.Cl. The molecule has 2 N–H and O–H groups in total. The van der Waals surface area contributed by atoms with Gasteiger partial charge in [0.05, 0.1) is 44.0 Å². The number of ether oxygens (including phenoxy) is 6. The van der Waals surface area contributed by atoms with Crippen LogP contribution in [0.4, 0.5) is 9.59 Å². The molecule has 2 amide bonds. The van der Waals surface area contributed by atoms with E-state index in [0.717, 1.165) is 45.9 Å². The van der Waals surface area contributed by atoms with Crippen molar-refractivity contribution in [3.05, 3.63) is 106 Å². The summed E-state index contributed by atoms with van der Waals surface area (Å²) in [4.78, 5) is 53.6. The third kappa shape index (κ3) is 16.4. The molecule has 0 saturated carbocycles. The van der Waals surface area contributed by atoms with Crippen LogP contribution < -0.4 is 24.7 Å². The van der Waals surface area contributed by atoms with Crippen LogP contribution in [0.25, 0.3) is 45.6 Å². The van der Waals surface area contributed by atoms with E-state index in [4.69, 9.17) is 57.4 Å². The summed E-state index contributed by atoms with van der Waals surface area (Å²) in [6.45, 7) is 16.0. The molecule has 368 valence electrons. The zero-order valence-electron chi connectivity index (χ0n) is 40.5. The third-order valence-corrected chi connectivity index (χ3v) is 9.77. The minimum absolute atomic E-state index is 0. The second-order valence-corrected chi connectivity index (χ2v) is 17.9. The van der Waals surface area contributed by atoms with E-state index >= 15 is 0 Å². The van der Waals surface area contributed by atoms with Gasteiger partial charge < -0.3 is 34.2 Å². The summed E-state index contributed by atoms with van der Waals surface area (Å²) in [7, 11) is 2.98. The molecule has 0 spiro atoms. The fraction of sp³-hybridized carbons (Fsp3) is 0.360. The molecule has 0 aliphatic rings. The number of imide groups is 1. The number of aromatic nitrogens is 6. The molecule has 0 radical (unpaired) electrons. The van der Waals surface area contributed by atoms with E-state index in [0.29, 0.717) is 64.0 Å². The van der Waals surface area contributed by atoms with E-state index in [9.17, 15) is 9.59 Å². The number of benzene rings is 4. The Morgan fingerprint density at radius 2 is 0.942 bits per heavy atom. The maximum absolute atomic E-state index is 13.0. The Kier molecular flexibility index (Phi) is 20.3. The molecule has 0 fully saturated rings. The lowest BCUT2D eigenvalue weighted by Crippen LogP contribution is -2.43. The van der Waals surface area contributed by atoms with E-state index in [2.05, 4.69) is 36.8 Å². The maximum Gasteiger partial charge on any atom is 0.420 e.